The molecule has 4 nitrogen and oxygen atoms in total. The lowest BCUT2D eigenvalue weighted by atomic mass is 9.85. The number of fused-ring (bicyclic) bond motifs is 1. The van der Waals surface area contributed by atoms with Gasteiger partial charge in [0.2, 0.25) is 0 Å². The van der Waals surface area contributed by atoms with Crippen molar-refractivity contribution >= 4 is 0 Å². The quantitative estimate of drug-likeness (QED) is 0.553. The predicted octanol–water partition coefficient (Wildman–Crippen LogP) is 3.11. The lowest BCUT2D eigenvalue weighted by Crippen LogP contribution is -2.40. The number of nitrogens with two attached hydrogens (primary N) is 1. The van der Waals surface area contributed by atoms with Crippen LogP contribution in [0.3, 0.4) is 0 Å². The number of hydrogen-bond acceptors (Lipinski definition) is 4. The van der Waals surface area contributed by atoms with E-state index >= 15 is 0 Å². The maximum absolute atomic E-state index is 9.49. The van der Waals surface area contributed by atoms with Crippen LogP contribution in [0.1, 0.15) is 55.2 Å². The topological polar surface area (TPSA) is 64.7 Å². The molecule has 26 heavy (non-hydrogen) atoms. The zero-order chi connectivity index (χ0) is 18.4. The first-order valence-electron chi connectivity index (χ1n) is 9.95. The molecule has 144 valence electrons. The highest BCUT2D eigenvalue weighted by Crippen LogP contribution is 2.40. The minimum absolute atomic E-state index is 0.0892. The van der Waals surface area contributed by atoms with Crippen LogP contribution in [0.2, 0.25) is 0 Å². The number of hydrogen-bond donors (Lipinski definition) is 2. The summed E-state index contributed by atoms with van der Waals surface area (Å²) < 4.78 is 11.5. The van der Waals surface area contributed by atoms with E-state index in [1.54, 1.807) is 0 Å². The number of aliphatic hydroxyl groups is 1. The summed E-state index contributed by atoms with van der Waals surface area (Å²) in [5.41, 5.74) is 10.1. The molecule has 3 rings (SSSR count). The molecule has 1 aromatic carbocycles. The summed E-state index contributed by atoms with van der Waals surface area (Å²) in [4.78, 5) is 0. The lowest BCUT2D eigenvalue weighted by Gasteiger charge is -2.26. The van der Waals surface area contributed by atoms with Gasteiger partial charge in [-0.2, -0.15) is 0 Å². The molecule has 2 aliphatic rings. The fraction of sp³-hybridized carbons (Fsp3) is 0.636. The van der Waals surface area contributed by atoms with Gasteiger partial charge in [-0.25, -0.2) is 0 Å². The third-order valence-electron chi connectivity index (χ3n) is 5.87. The number of benzene rings is 1. The summed E-state index contributed by atoms with van der Waals surface area (Å²) in [5, 5.41) is 9.49. The van der Waals surface area contributed by atoms with Crippen LogP contribution in [0.15, 0.2) is 30.4 Å². The Balaban J connectivity index is 1.50. The predicted molar refractivity (Wildman–Crippen MR) is 104 cm³/mol. The van der Waals surface area contributed by atoms with Gasteiger partial charge < -0.3 is 20.3 Å². The van der Waals surface area contributed by atoms with Gasteiger partial charge in [0, 0.05) is 5.54 Å². The molecule has 1 fully saturated rings. The molecule has 0 heterocycles. The van der Waals surface area contributed by atoms with Crippen molar-refractivity contribution in [1.29, 1.82) is 0 Å². The Morgan fingerprint density at radius 1 is 1.27 bits per heavy atom. The Kier molecular flexibility index (Phi) is 6.87. The Morgan fingerprint density at radius 2 is 2.15 bits per heavy atom. The van der Waals surface area contributed by atoms with Crippen LogP contribution >= 0.6 is 0 Å². The zero-order valence-corrected chi connectivity index (χ0v) is 16.0. The fourth-order valence-electron chi connectivity index (χ4n) is 4.24. The van der Waals surface area contributed by atoms with Crippen LogP contribution in [0, 0.1) is 0 Å². The molecule has 3 N–H and O–H groups in total. The third kappa shape index (κ3) is 4.95. The zero-order valence-electron chi connectivity index (χ0n) is 16.0. The van der Waals surface area contributed by atoms with Gasteiger partial charge in [0.25, 0.3) is 0 Å². The molecule has 0 bridgehead atoms. The van der Waals surface area contributed by atoms with Crippen LogP contribution in [0.4, 0.5) is 0 Å². The molecule has 0 amide bonds. The molecular formula is C22H33NO3. The molecule has 0 spiro atoms. The summed E-state index contributed by atoms with van der Waals surface area (Å²) in [5.74, 6) is 0.487. The van der Waals surface area contributed by atoms with Gasteiger partial charge in [-0.1, -0.05) is 30.4 Å². The van der Waals surface area contributed by atoms with Crippen molar-refractivity contribution in [2.75, 3.05) is 26.4 Å². The van der Waals surface area contributed by atoms with Gasteiger partial charge in [0.1, 0.15) is 0 Å². The average molecular weight is 360 g/mol. The van der Waals surface area contributed by atoms with E-state index in [2.05, 4.69) is 18.2 Å². The number of allylic oxidation sites excluding steroid dienone is 1. The average Bonchev–Trinajstić information content (AvgIpc) is 3.07. The smallest absolute Gasteiger partial charge is 0.0704 e. The third-order valence-corrected chi connectivity index (χ3v) is 5.87. The first kappa shape index (κ1) is 19.6. The van der Waals surface area contributed by atoms with E-state index in [9.17, 15) is 5.11 Å². The van der Waals surface area contributed by atoms with Gasteiger partial charge in [-0.05, 0) is 68.1 Å². The molecule has 2 aliphatic carbocycles. The summed E-state index contributed by atoms with van der Waals surface area (Å²) in [6, 6.07) is 6.91. The first-order valence-corrected chi connectivity index (χ1v) is 9.95. The van der Waals surface area contributed by atoms with E-state index in [1.807, 2.05) is 19.1 Å². The second-order valence-corrected chi connectivity index (χ2v) is 7.87. The van der Waals surface area contributed by atoms with Crippen molar-refractivity contribution in [2.45, 2.75) is 63.0 Å². The highest BCUT2D eigenvalue weighted by molar-refractivity contribution is 5.36. The largest absolute Gasteiger partial charge is 0.394 e. The molecule has 1 unspecified atom stereocenters. The molecule has 0 aromatic heterocycles. The molecular weight excluding hydrogens is 326 g/mol. The highest BCUT2D eigenvalue weighted by atomic mass is 16.5. The van der Waals surface area contributed by atoms with E-state index < -0.39 is 0 Å². The second-order valence-electron chi connectivity index (χ2n) is 7.87. The maximum Gasteiger partial charge on any atom is 0.0704 e. The van der Waals surface area contributed by atoms with E-state index in [0.717, 1.165) is 38.5 Å². The van der Waals surface area contributed by atoms with Gasteiger partial charge >= 0.3 is 0 Å². The van der Waals surface area contributed by atoms with Gasteiger partial charge in [-0.3, -0.25) is 0 Å². The van der Waals surface area contributed by atoms with E-state index in [-0.39, 0.29) is 12.1 Å². The van der Waals surface area contributed by atoms with Crippen LogP contribution in [0.25, 0.3) is 0 Å². The monoisotopic (exact) mass is 359 g/mol. The number of aryl methyl sites for hydroxylation is 1. The summed E-state index contributed by atoms with van der Waals surface area (Å²) in [6.07, 6.45) is 10.3. The van der Waals surface area contributed by atoms with Crippen LogP contribution in [-0.2, 0) is 22.3 Å². The van der Waals surface area contributed by atoms with Crippen molar-refractivity contribution in [2.24, 2.45) is 5.73 Å². The van der Waals surface area contributed by atoms with E-state index in [4.69, 9.17) is 15.2 Å². The van der Waals surface area contributed by atoms with Crippen molar-refractivity contribution in [1.82, 2.24) is 0 Å². The Labute approximate surface area is 157 Å². The summed E-state index contributed by atoms with van der Waals surface area (Å²) in [6.45, 7) is 4.07. The molecule has 1 aromatic rings. The highest BCUT2D eigenvalue weighted by Gasteiger charge is 2.36. The second kappa shape index (κ2) is 9.14. The van der Waals surface area contributed by atoms with Crippen LogP contribution in [0.5, 0.6) is 0 Å². The summed E-state index contributed by atoms with van der Waals surface area (Å²) >= 11 is 0. The first-order chi connectivity index (χ1) is 12.6. The van der Waals surface area contributed by atoms with Crippen LogP contribution in [-0.4, -0.2) is 43.2 Å². The van der Waals surface area contributed by atoms with Gasteiger partial charge in [0.05, 0.1) is 32.5 Å². The maximum atomic E-state index is 9.49. The molecule has 0 saturated heterocycles. The number of ether oxygens (including phenoxy) is 2. The fourth-order valence-corrected chi connectivity index (χ4v) is 4.24. The number of aliphatic hydroxyl groups excluding tert-OH is 1. The van der Waals surface area contributed by atoms with Crippen molar-refractivity contribution < 1.29 is 14.6 Å². The minimum Gasteiger partial charge on any atom is -0.394 e. The van der Waals surface area contributed by atoms with Crippen molar-refractivity contribution in [3.8, 4) is 0 Å². The van der Waals surface area contributed by atoms with Crippen LogP contribution < -0.4 is 5.73 Å². The van der Waals surface area contributed by atoms with E-state index in [1.165, 1.54) is 16.7 Å². The molecule has 1 saturated carbocycles. The standard InChI is InChI=1S/C22H33NO3/c1-2-3-10-25-11-12-26-21-7-6-17-13-18(4-5-19(17)14-21)20-8-9-22(23,15-20)16-24/h2-5,13,20-21,24H,6-12,14-16,23H2,1H3/b3-2+/t20-,21?,22+/m0/s1. The van der Waals surface area contributed by atoms with E-state index in [0.29, 0.717) is 31.8 Å². The minimum atomic E-state index is -0.380. The lowest BCUT2D eigenvalue weighted by molar-refractivity contribution is 0.00491. The molecule has 0 aliphatic heterocycles. The Hall–Kier alpha value is -1.20. The molecule has 3 atom stereocenters. The van der Waals surface area contributed by atoms with Gasteiger partial charge in [-0.15, -0.1) is 0 Å². The Morgan fingerprint density at radius 3 is 2.92 bits per heavy atom. The number of rotatable bonds is 8. The SMILES string of the molecule is C/C=C/COCCOC1CCc2cc([C@H]3CC[C@](N)(CO)C3)ccc2C1. The van der Waals surface area contributed by atoms with Crippen molar-refractivity contribution in [3.05, 3.63) is 47.0 Å². The molecule has 4 heteroatoms. The van der Waals surface area contributed by atoms with Crippen molar-refractivity contribution in [3.63, 3.8) is 0 Å². The normalized spacial score (nSPS) is 28.6. The Bertz CT molecular complexity index is 615. The molecule has 0 radical (unpaired) electrons. The summed E-state index contributed by atoms with van der Waals surface area (Å²) in [7, 11) is 0. The van der Waals surface area contributed by atoms with Gasteiger partial charge in [0.15, 0.2) is 0 Å².